The van der Waals surface area contributed by atoms with Crippen LogP contribution in [0.3, 0.4) is 0 Å². The summed E-state index contributed by atoms with van der Waals surface area (Å²) >= 11 is 0. The second-order valence-corrected chi connectivity index (χ2v) is 5.74. The Kier molecular flexibility index (Phi) is 6.55. The zero-order valence-corrected chi connectivity index (χ0v) is 14.1. The highest BCUT2D eigenvalue weighted by Crippen LogP contribution is 2.20. The quantitative estimate of drug-likeness (QED) is 0.794. The molecule has 4 heteroatoms. The summed E-state index contributed by atoms with van der Waals surface area (Å²) in [6, 6.07) is 17.4. The summed E-state index contributed by atoms with van der Waals surface area (Å²) in [4.78, 5) is 24.0. The molecule has 24 heavy (non-hydrogen) atoms. The molecule has 0 aliphatic heterocycles. The van der Waals surface area contributed by atoms with E-state index in [0.717, 1.165) is 11.1 Å². The van der Waals surface area contributed by atoms with Crippen LogP contribution >= 0.6 is 0 Å². The van der Waals surface area contributed by atoms with Crippen molar-refractivity contribution in [2.24, 2.45) is 0 Å². The highest BCUT2D eigenvalue weighted by Gasteiger charge is 2.20. The minimum absolute atomic E-state index is 0.256. The van der Waals surface area contributed by atoms with Gasteiger partial charge in [-0.25, -0.2) is 0 Å². The smallest absolute Gasteiger partial charge is 0.313 e. The van der Waals surface area contributed by atoms with E-state index >= 15 is 0 Å². The summed E-state index contributed by atoms with van der Waals surface area (Å²) < 4.78 is 5.17. The van der Waals surface area contributed by atoms with Gasteiger partial charge in [-0.3, -0.25) is 9.59 Å². The summed E-state index contributed by atoms with van der Waals surface area (Å²) in [5.41, 5.74) is 3.09. The number of carbonyl (C=O) groups is 2. The van der Waals surface area contributed by atoms with Crippen LogP contribution in [0.5, 0.6) is 0 Å². The molecule has 0 aliphatic rings. The van der Waals surface area contributed by atoms with E-state index in [1.807, 2.05) is 68.4 Å². The lowest BCUT2D eigenvalue weighted by Crippen LogP contribution is -2.29. The number of carbonyl (C=O) groups excluding carboxylic acids is 2. The summed E-state index contributed by atoms with van der Waals surface area (Å²) in [6.07, 6.45) is 0.633. The molecular formula is C20H23NO3. The highest BCUT2D eigenvalue weighted by atomic mass is 16.5. The Labute approximate surface area is 142 Å². The Morgan fingerprint density at radius 2 is 1.71 bits per heavy atom. The molecule has 1 atom stereocenters. The maximum atomic E-state index is 12.2. The molecule has 0 saturated carbocycles. The Morgan fingerprint density at radius 1 is 1.04 bits per heavy atom. The van der Waals surface area contributed by atoms with Gasteiger partial charge in [-0.05, 0) is 24.5 Å². The van der Waals surface area contributed by atoms with Gasteiger partial charge < -0.3 is 10.1 Å². The molecule has 0 unspecified atom stereocenters. The van der Waals surface area contributed by atoms with Gasteiger partial charge in [0.15, 0.2) is 6.61 Å². The van der Waals surface area contributed by atoms with Crippen molar-refractivity contribution < 1.29 is 14.3 Å². The normalized spacial score (nSPS) is 11.6. The number of hydrogen-bond donors (Lipinski definition) is 1. The summed E-state index contributed by atoms with van der Waals surface area (Å²) in [7, 11) is 0. The van der Waals surface area contributed by atoms with Crippen LogP contribution in [0.25, 0.3) is 0 Å². The van der Waals surface area contributed by atoms with Gasteiger partial charge in [0.2, 0.25) is 0 Å². The Balaban J connectivity index is 1.80. The Bertz CT molecular complexity index is 665. The first-order valence-corrected chi connectivity index (χ1v) is 8.14. The largest absolute Gasteiger partial charge is 0.455 e. The maximum absolute atomic E-state index is 12.2. The van der Waals surface area contributed by atoms with Crippen LogP contribution < -0.4 is 5.32 Å². The topological polar surface area (TPSA) is 55.4 Å². The summed E-state index contributed by atoms with van der Waals surface area (Å²) in [5.74, 6) is -1.00. The van der Waals surface area contributed by atoms with Gasteiger partial charge >= 0.3 is 5.97 Å². The molecular weight excluding hydrogens is 302 g/mol. The highest BCUT2D eigenvalue weighted by molar-refractivity contribution is 5.83. The van der Waals surface area contributed by atoms with Crippen LogP contribution in [0, 0.1) is 6.92 Å². The molecule has 0 fully saturated rings. The zero-order chi connectivity index (χ0) is 17.4. The van der Waals surface area contributed by atoms with E-state index in [1.165, 1.54) is 5.56 Å². The van der Waals surface area contributed by atoms with Crippen molar-refractivity contribution in [2.75, 3.05) is 6.61 Å². The number of amides is 1. The first kappa shape index (κ1) is 17.7. The van der Waals surface area contributed by atoms with Gasteiger partial charge in [-0.15, -0.1) is 0 Å². The number of hydrogen-bond acceptors (Lipinski definition) is 3. The molecule has 1 amide bonds. The fourth-order valence-corrected chi connectivity index (χ4v) is 2.42. The second-order valence-electron chi connectivity index (χ2n) is 5.74. The molecule has 0 aliphatic carbocycles. The molecule has 0 bridgehead atoms. The van der Waals surface area contributed by atoms with Gasteiger partial charge in [0.05, 0.1) is 5.92 Å². The Hall–Kier alpha value is -2.62. The third-order valence-corrected chi connectivity index (χ3v) is 3.85. The van der Waals surface area contributed by atoms with Gasteiger partial charge in [0.25, 0.3) is 5.91 Å². The van der Waals surface area contributed by atoms with E-state index in [0.29, 0.717) is 13.0 Å². The lowest BCUT2D eigenvalue weighted by Gasteiger charge is -2.14. The van der Waals surface area contributed by atoms with E-state index in [1.54, 1.807) is 0 Å². The van der Waals surface area contributed by atoms with Crippen LogP contribution in [0.15, 0.2) is 54.6 Å². The number of esters is 1. The number of benzene rings is 2. The molecule has 4 nitrogen and oxygen atoms in total. The zero-order valence-electron chi connectivity index (χ0n) is 14.1. The van der Waals surface area contributed by atoms with E-state index in [2.05, 4.69) is 5.32 Å². The fraction of sp³-hybridized carbons (Fsp3) is 0.300. The number of rotatable bonds is 7. The van der Waals surface area contributed by atoms with E-state index in [4.69, 9.17) is 4.74 Å². The number of nitrogens with one attached hydrogen (secondary N) is 1. The molecule has 2 aromatic rings. The third kappa shape index (κ3) is 5.23. The van der Waals surface area contributed by atoms with Crippen molar-refractivity contribution in [3.05, 3.63) is 71.3 Å². The molecule has 0 radical (unpaired) electrons. The van der Waals surface area contributed by atoms with Crippen molar-refractivity contribution in [2.45, 2.75) is 32.7 Å². The molecule has 2 rings (SSSR count). The monoisotopic (exact) mass is 325 g/mol. The third-order valence-electron chi connectivity index (χ3n) is 3.85. The van der Waals surface area contributed by atoms with Crippen molar-refractivity contribution in [1.29, 1.82) is 0 Å². The second kappa shape index (κ2) is 8.87. The van der Waals surface area contributed by atoms with Crippen LogP contribution in [-0.2, 0) is 20.9 Å². The van der Waals surface area contributed by atoms with Crippen LogP contribution in [0.4, 0.5) is 0 Å². The van der Waals surface area contributed by atoms with Crippen LogP contribution in [0.1, 0.15) is 36.0 Å². The standard InChI is InChI=1S/C20H23NO3/c1-3-18(17-7-5-4-6-8-17)20(23)24-14-19(22)21-13-16-11-9-15(2)10-12-16/h4-12,18H,3,13-14H2,1-2H3,(H,21,22)/t18-/m0/s1. The molecule has 1 N–H and O–H groups in total. The predicted octanol–water partition coefficient (Wildman–Crippen LogP) is 3.35. The summed E-state index contributed by atoms with van der Waals surface area (Å²) in [5, 5.41) is 2.75. The molecule has 0 aromatic heterocycles. The molecule has 0 spiro atoms. The average Bonchev–Trinajstić information content (AvgIpc) is 2.61. The predicted molar refractivity (Wildman–Crippen MR) is 93.5 cm³/mol. The Morgan fingerprint density at radius 3 is 2.33 bits per heavy atom. The fourth-order valence-electron chi connectivity index (χ4n) is 2.42. The van der Waals surface area contributed by atoms with E-state index < -0.39 is 0 Å². The SMILES string of the molecule is CC[C@H](C(=O)OCC(=O)NCc1ccc(C)cc1)c1ccccc1. The number of ether oxygens (including phenoxy) is 1. The maximum Gasteiger partial charge on any atom is 0.313 e. The summed E-state index contributed by atoms with van der Waals surface area (Å²) in [6.45, 7) is 4.11. The molecule has 126 valence electrons. The lowest BCUT2D eigenvalue weighted by molar-refractivity contribution is -0.150. The van der Waals surface area contributed by atoms with Crippen molar-refractivity contribution in [1.82, 2.24) is 5.32 Å². The molecule has 0 heterocycles. The molecule has 2 aromatic carbocycles. The van der Waals surface area contributed by atoms with Gasteiger partial charge in [0, 0.05) is 6.54 Å². The minimum Gasteiger partial charge on any atom is -0.455 e. The van der Waals surface area contributed by atoms with Gasteiger partial charge in [0.1, 0.15) is 0 Å². The molecule has 0 saturated heterocycles. The lowest BCUT2D eigenvalue weighted by atomic mass is 9.97. The van der Waals surface area contributed by atoms with Crippen LogP contribution in [-0.4, -0.2) is 18.5 Å². The van der Waals surface area contributed by atoms with Gasteiger partial charge in [-0.1, -0.05) is 67.1 Å². The van der Waals surface area contributed by atoms with Gasteiger partial charge in [-0.2, -0.15) is 0 Å². The van der Waals surface area contributed by atoms with Crippen molar-refractivity contribution in [3.63, 3.8) is 0 Å². The van der Waals surface area contributed by atoms with Crippen molar-refractivity contribution in [3.8, 4) is 0 Å². The van der Waals surface area contributed by atoms with Crippen LogP contribution in [0.2, 0.25) is 0 Å². The first-order valence-electron chi connectivity index (χ1n) is 8.14. The van der Waals surface area contributed by atoms with Crippen molar-refractivity contribution >= 4 is 11.9 Å². The minimum atomic E-state index is -0.366. The average molecular weight is 325 g/mol. The first-order chi connectivity index (χ1) is 11.6. The number of aryl methyl sites for hydroxylation is 1. The van der Waals surface area contributed by atoms with E-state index in [9.17, 15) is 9.59 Å². The van der Waals surface area contributed by atoms with E-state index in [-0.39, 0.29) is 24.4 Å².